The van der Waals surface area contributed by atoms with E-state index in [1.54, 1.807) is 0 Å². The van der Waals surface area contributed by atoms with Gasteiger partial charge in [-0.25, -0.2) is 4.99 Å². The number of benzene rings is 1. The molecular weight excluding hydrogens is 441 g/mol. The van der Waals surface area contributed by atoms with Crippen molar-refractivity contribution in [2.45, 2.75) is 46.3 Å². The van der Waals surface area contributed by atoms with Crippen LogP contribution < -0.4 is 10.1 Å². The highest BCUT2D eigenvalue weighted by molar-refractivity contribution is 14.0. The van der Waals surface area contributed by atoms with Crippen LogP contribution in [0.2, 0.25) is 0 Å². The Morgan fingerprint density at radius 3 is 2.92 bits per heavy atom. The smallest absolute Gasteiger partial charge is 0.194 e. The van der Waals surface area contributed by atoms with Crippen LogP contribution in [-0.2, 0) is 11.3 Å². The van der Waals surface area contributed by atoms with Gasteiger partial charge in [0.2, 0.25) is 0 Å². The molecule has 6 heteroatoms. The zero-order valence-electron chi connectivity index (χ0n) is 16.2. The number of hydrogen-bond donors (Lipinski definition) is 1. The number of hydrogen-bond acceptors (Lipinski definition) is 3. The maximum atomic E-state index is 5.78. The Kier molecular flexibility index (Phi) is 8.01. The molecule has 2 fully saturated rings. The second-order valence-electron chi connectivity index (χ2n) is 7.46. The number of likely N-dealkylation sites (tertiary alicyclic amines) is 1. The van der Waals surface area contributed by atoms with Crippen LogP contribution in [0.1, 0.15) is 39.2 Å². The van der Waals surface area contributed by atoms with Crippen LogP contribution in [-0.4, -0.2) is 49.8 Å². The average Bonchev–Trinajstić information content (AvgIpc) is 3.21. The van der Waals surface area contributed by atoms with Crippen LogP contribution in [0.4, 0.5) is 0 Å². The number of aliphatic imine (C=N–C) groups is 1. The van der Waals surface area contributed by atoms with Crippen molar-refractivity contribution in [2.75, 3.05) is 32.8 Å². The number of halogens is 1. The summed E-state index contributed by atoms with van der Waals surface area (Å²) in [6.45, 7) is 11.7. The first kappa shape index (κ1) is 21.3. The summed E-state index contributed by atoms with van der Waals surface area (Å²) >= 11 is 0. The van der Waals surface area contributed by atoms with Crippen LogP contribution in [0.25, 0.3) is 0 Å². The van der Waals surface area contributed by atoms with Gasteiger partial charge in [0.1, 0.15) is 5.75 Å². The molecule has 0 aliphatic carbocycles. The molecule has 1 spiro atoms. The van der Waals surface area contributed by atoms with Gasteiger partial charge >= 0.3 is 0 Å². The predicted octanol–water partition coefficient (Wildman–Crippen LogP) is 3.67. The lowest BCUT2D eigenvalue weighted by Gasteiger charge is -2.25. The zero-order valence-corrected chi connectivity index (χ0v) is 18.5. The Bertz CT molecular complexity index is 600. The van der Waals surface area contributed by atoms with E-state index in [1.165, 1.54) is 18.4 Å². The van der Waals surface area contributed by atoms with Gasteiger partial charge in [0.25, 0.3) is 0 Å². The third-order valence-corrected chi connectivity index (χ3v) is 4.94. The topological polar surface area (TPSA) is 46.1 Å². The highest BCUT2D eigenvalue weighted by Gasteiger charge is 2.42. The Hall–Kier alpha value is -1.02. The van der Waals surface area contributed by atoms with Crippen molar-refractivity contribution >= 4 is 29.9 Å². The SMILES string of the molecule is CCNC(=NCc1cccc(OC(C)C)c1)N1CCC2(CCOC2)C1.I. The van der Waals surface area contributed by atoms with Gasteiger partial charge < -0.3 is 19.7 Å². The summed E-state index contributed by atoms with van der Waals surface area (Å²) in [5, 5.41) is 3.45. The Morgan fingerprint density at radius 2 is 2.23 bits per heavy atom. The summed E-state index contributed by atoms with van der Waals surface area (Å²) < 4.78 is 11.4. The molecule has 1 N–H and O–H groups in total. The monoisotopic (exact) mass is 473 g/mol. The number of rotatable bonds is 5. The standard InChI is InChI=1S/C20H31N3O2.HI/c1-4-21-19(23-10-8-20(14-23)9-11-24-15-20)22-13-17-6-5-7-18(12-17)25-16(2)3;/h5-7,12,16H,4,8-11,13-15H2,1-3H3,(H,21,22);1H. The Balaban J connectivity index is 0.00000243. The third kappa shape index (κ3) is 5.49. The molecule has 0 amide bonds. The molecule has 1 aromatic carbocycles. The molecule has 1 aromatic rings. The summed E-state index contributed by atoms with van der Waals surface area (Å²) in [6.07, 6.45) is 2.57. The van der Waals surface area contributed by atoms with Crippen LogP contribution in [0.15, 0.2) is 29.3 Å². The summed E-state index contributed by atoms with van der Waals surface area (Å²) in [6, 6.07) is 8.23. The Labute approximate surface area is 174 Å². The maximum absolute atomic E-state index is 5.78. The van der Waals surface area contributed by atoms with E-state index >= 15 is 0 Å². The average molecular weight is 473 g/mol. The summed E-state index contributed by atoms with van der Waals surface area (Å²) in [7, 11) is 0. The molecule has 5 nitrogen and oxygen atoms in total. The van der Waals surface area contributed by atoms with Gasteiger partial charge in [0.05, 0.1) is 19.3 Å². The first-order valence-corrected chi connectivity index (χ1v) is 9.47. The number of guanidine groups is 1. The number of ether oxygens (including phenoxy) is 2. The largest absolute Gasteiger partial charge is 0.491 e. The van der Waals surface area contributed by atoms with Crippen molar-refractivity contribution in [1.29, 1.82) is 0 Å². The lowest BCUT2D eigenvalue weighted by Crippen LogP contribution is -2.41. The molecule has 1 unspecified atom stereocenters. The van der Waals surface area contributed by atoms with Crippen molar-refractivity contribution in [3.05, 3.63) is 29.8 Å². The van der Waals surface area contributed by atoms with E-state index in [4.69, 9.17) is 14.5 Å². The molecule has 146 valence electrons. The van der Waals surface area contributed by atoms with E-state index in [0.717, 1.165) is 44.6 Å². The summed E-state index contributed by atoms with van der Waals surface area (Å²) in [5.74, 6) is 1.93. The van der Waals surface area contributed by atoms with Crippen molar-refractivity contribution in [3.8, 4) is 5.75 Å². The van der Waals surface area contributed by atoms with E-state index in [2.05, 4.69) is 29.3 Å². The van der Waals surface area contributed by atoms with E-state index in [0.29, 0.717) is 12.0 Å². The molecule has 3 rings (SSSR count). The molecule has 2 saturated heterocycles. The zero-order chi connectivity index (χ0) is 17.7. The fraction of sp³-hybridized carbons (Fsp3) is 0.650. The van der Waals surface area contributed by atoms with Crippen molar-refractivity contribution in [1.82, 2.24) is 10.2 Å². The fourth-order valence-electron chi connectivity index (χ4n) is 3.67. The minimum Gasteiger partial charge on any atom is -0.491 e. The van der Waals surface area contributed by atoms with Gasteiger partial charge in [-0.15, -0.1) is 24.0 Å². The molecule has 2 heterocycles. The predicted molar refractivity (Wildman–Crippen MR) is 116 cm³/mol. The van der Waals surface area contributed by atoms with Crippen LogP contribution in [0.5, 0.6) is 5.75 Å². The van der Waals surface area contributed by atoms with Crippen LogP contribution in [0.3, 0.4) is 0 Å². The van der Waals surface area contributed by atoms with Gasteiger partial charge in [0, 0.05) is 31.7 Å². The molecule has 2 aliphatic heterocycles. The van der Waals surface area contributed by atoms with Crippen LogP contribution in [0, 0.1) is 5.41 Å². The van der Waals surface area contributed by atoms with Gasteiger partial charge in [-0.2, -0.15) is 0 Å². The molecule has 0 saturated carbocycles. The minimum atomic E-state index is 0. The molecule has 1 atom stereocenters. The minimum absolute atomic E-state index is 0. The number of nitrogens with zero attached hydrogens (tertiary/aromatic N) is 2. The van der Waals surface area contributed by atoms with Crippen molar-refractivity contribution in [2.24, 2.45) is 10.4 Å². The highest BCUT2D eigenvalue weighted by atomic mass is 127. The first-order chi connectivity index (χ1) is 12.1. The Morgan fingerprint density at radius 1 is 1.38 bits per heavy atom. The highest BCUT2D eigenvalue weighted by Crippen LogP contribution is 2.38. The number of nitrogens with one attached hydrogen (secondary N) is 1. The van der Waals surface area contributed by atoms with Gasteiger partial charge in [0.15, 0.2) is 5.96 Å². The molecule has 26 heavy (non-hydrogen) atoms. The van der Waals surface area contributed by atoms with Gasteiger partial charge in [-0.1, -0.05) is 12.1 Å². The van der Waals surface area contributed by atoms with Crippen molar-refractivity contribution in [3.63, 3.8) is 0 Å². The van der Waals surface area contributed by atoms with E-state index in [9.17, 15) is 0 Å². The molecule has 0 radical (unpaired) electrons. The van der Waals surface area contributed by atoms with Gasteiger partial charge in [-0.3, -0.25) is 0 Å². The molecule has 0 bridgehead atoms. The normalized spacial score (nSPS) is 22.8. The first-order valence-electron chi connectivity index (χ1n) is 9.47. The molecule has 2 aliphatic rings. The fourth-order valence-corrected chi connectivity index (χ4v) is 3.67. The second-order valence-corrected chi connectivity index (χ2v) is 7.46. The maximum Gasteiger partial charge on any atom is 0.194 e. The summed E-state index contributed by atoms with van der Waals surface area (Å²) in [4.78, 5) is 7.27. The second kappa shape index (κ2) is 9.78. The molecular formula is C20H32IN3O2. The van der Waals surface area contributed by atoms with Crippen LogP contribution >= 0.6 is 24.0 Å². The lowest BCUT2D eigenvalue weighted by atomic mass is 9.87. The lowest BCUT2D eigenvalue weighted by molar-refractivity contribution is 0.156. The summed E-state index contributed by atoms with van der Waals surface area (Å²) in [5.41, 5.74) is 1.52. The van der Waals surface area contributed by atoms with Gasteiger partial charge in [-0.05, 0) is 51.3 Å². The third-order valence-electron chi connectivity index (χ3n) is 4.94. The van der Waals surface area contributed by atoms with E-state index < -0.39 is 0 Å². The quantitative estimate of drug-likeness (QED) is 0.403. The molecule has 0 aromatic heterocycles. The van der Waals surface area contributed by atoms with Crippen molar-refractivity contribution < 1.29 is 9.47 Å². The van der Waals surface area contributed by atoms with E-state index in [1.807, 2.05) is 26.0 Å². The van der Waals surface area contributed by atoms with E-state index in [-0.39, 0.29) is 30.1 Å².